The van der Waals surface area contributed by atoms with Crippen molar-refractivity contribution >= 4 is 17.5 Å². The van der Waals surface area contributed by atoms with Gasteiger partial charge in [0.1, 0.15) is 0 Å². The first-order valence-electron chi connectivity index (χ1n) is 8.40. The molecule has 4 rings (SSSR count). The molecular weight excluding hydrogens is 338 g/mol. The van der Waals surface area contributed by atoms with E-state index in [-0.39, 0.29) is 24.0 Å². The molecule has 0 aliphatic carbocycles. The Labute approximate surface area is 151 Å². The number of hydrazine groups is 1. The molecule has 1 amide bonds. The number of hydroxylamine groups is 1. The molecule has 2 aliphatic heterocycles. The molecule has 2 saturated heterocycles. The van der Waals surface area contributed by atoms with Gasteiger partial charge in [0.2, 0.25) is 5.91 Å². The smallest absolute Gasteiger partial charge is 0.238 e. The minimum absolute atomic E-state index is 0.0785. The fraction of sp³-hybridized carbons (Fsp3) is 0.316. The van der Waals surface area contributed by atoms with Crippen LogP contribution < -0.4 is 5.48 Å². The summed E-state index contributed by atoms with van der Waals surface area (Å²) in [5.41, 5.74) is 5.68. The van der Waals surface area contributed by atoms with Gasteiger partial charge in [-0.25, -0.2) is 5.01 Å². The predicted molar refractivity (Wildman–Crippen MR) is 95.0 cm³/mol. The zero-order valence-electron chi connectivity index (χ0n) is 13.9. The molecule has 0 bridgehead atoms. The monoisotopic (exact) mass is 357 g/mol. The highest BCUT2D eigenvalue weighted by Gasteiger charge is 2.53. The highest BCUT2D eigenvalue weighted by Crippen LogP contribution is 2.46. The van der Waals surface area contributed by atoms with Crippen LogP contribution >= 0.6 is 11.6 Å². The number of hydrogen-bond donors (Lipinski definition) is 2. The summed E-state index contributed by atoms with van der Waals surface area (Å²) in [4.78, 5) is 12.5. The van der Waals surface area contributed by atoms with Gasteiger partial charge >= 0.3 is 0 Å². The number of hydrogen-bond acceptors (Lipinski definition) is 4. The number of carbonyl (C=O) groups is 1. The Morgan fingerprint density at radius 3 is 2.28 bits per heavy atom. The predicted octanol–water partition coefficient (Wildman–Crippen LogP) is 3.24. The molecule has 25 heavy (non-hydrogen) atoms. The third kappa shape index (κ3) is 2.73. The van der Waals surface area contributed by atoms with Gasteiger partial charge in [-0.2, -0.15) is 5.48 Å². The number of halogens is 1. The number of carbonyl (C=O) groups excluding carboxylic acids is 1. The maximum atomic E-state index is 12.5. The van der Waals surface area contributed by atoms with Crippen molar-refractivity contribution in [1.29, 1.82) is 0 Å². The van der Waals surface area contributed by atoms with Crippen LogP contribution in [0.1, 0.15) is 35.2 Å². The van der Waals surface area contributed by atoms with E-state index in [2.05, 4.69) is 34.8 Å². The number of aryl methyl sites for hydroxylation is 1. The van der Waals surface area contributed by atoms with Gasteiger partial charge in [-0.15, -0.1) is 0 Å². The molecular formula is C19H20ClN3O2. The Hall–Kier alpha value is -1.92. The van der Waals surface area contributed by atoms with Crippen LogP contribution in [-0.2, 0) is 4.79 Å². The molecule has 0 saturated carbocycles. The SMILES string of the molecule is Cc1ccc([C@H]2[C@H](NO)[C@@H](c3ccc(Cl)cc3)N3C(=O)CCN23)cc1. The Kier molecular flexibility index (Phi) is 4.25. The quantitative estimate of drug-likeness (QED) is 0.828. The van der Waals surface area contributed by atoms with E-state index in [4.69, 9.17) is 11.6 Å². The first-order chi connectivity index (χ1) is 12.1. The molecule has 5 nitrogen and oxygen atoms in total. The lowest BCUT2D eigenvalue weighted by Crippen LogP contribution is -2.37. The van der Waals surface area contributed by atoms with Gasteiger partial charge in [0.05, 0.1) is 18.1 Å². The summed E-state index contributed by atoms with van der Waals surface area (Å²) in [7, 11) is 0. The number of rotatable bonds is 3. The second-order valence-electron chi connectivity index (χ2n) is 6.66. The number of nitrogens with zero attached hydrogens (tertiary/aromatic N) is 2. The largest absolute Gasteiger partial charge is 0.316 e. The minimum Gasteiger partial charge on any atom is -0.316 e. The van der Waals surface area contributed by atoms with Crippen LogP contribution in [0.25, 0.3) is 0 Å². The zero-order chi connectivity index (χ0) is 17.6. The van der Waals surface area contributed by atoms with Crippen LogP contribution in [0.5, 0.6) is 0 Å². The van der Waals surface area contributed by atoms with Crippen LogP contribution in [0.4, 0.5) is 0 Å². The van der Waals surface area contributed by atoms with Crippen molar-refractivity contribution < 1.29 is 10.0 Å². The Bertz CT molecular complexity index is 778. The number of benzene rings is 2. The molecule has 0 unspecified atom stereocenters. The van der Waals surface area contributed by atoms with Gasteiger partial charge in [-0.05, 0) is 30.2 Å². The molecule has 0 spiro atoms. The lowest BCUT2D eigenvalue weighted by Gasteiger charge is -2.27. The summed E-state index contributed by atoms with van der Waals surface area (Å²) in [5, 5.41) is 14.5. The maximum absolute atomic E-state index is 12.5. The normalized spacial score (nSPS) is 26.3. The minimum atomic E-state index is -0.326. The first kappa shape index (κ1) is 16.5. The van der Waals surface area contributed by atoms with E-state index in [1.54, 1.807) is 5.01 Å². The summed E-state index contributed by atoms with van der Waals surface area (Å²) in [6.07, 6.45) is 0.491. The zero-order valence-corrected chi connectivity index (χ0v) is 14.6. The molecule has 2 fully saturated rings. The van der Waals surface area contributed by atoms with Crippen molar-refractivity contribution in [3.63, 3.8) is 0 Å². The average molecular weight is 358 g/mol. The van der Waals surface area contributed by atoms with E-state index in [1.165, 1.54) is 5.56 Å². The van der Waals surface area contributed by atoms with Crippen LogP contribution in [0.2, 0.25) is 5.02 Å². The van der Waals surface area contributed by atoms with Crippen molar-refractivity contribution in [1.82, 2.24) is 15.5 Å². The third-order valence-corrected chi connectivity index (χ3v) is 5.38. The molecule has 2 heterocycles. The second kappa shape index (κ2) is 6.42. The van der Waals surface area contributed by atoms with Crippen molar-refractivity contribution in [3.05, 3.63) is 70.2 Å². The number of nitrogens with one attached hydrogen (secondary N) is 1. The number of amides is 1. The van der Waals surface area contributed by atoms with Crippen molar-refractivity contribution in [3.8, 4) is 0 Å². The summed E-state index contributed by atoms with van der Waals surface area (Å²) in [6, 6.07) is 15.0. The first-order valence-corrected chi connectivity index (χ1v) is 8.78. The second-order valence-corrected chi connectivity index (χ2v) is 7.09. The van der Waals surface area contributed by atoms with Crippen LogP contribution in [0.3, 0.4) is 0 Å². The fourth-order valence-electron chi connectivity index (χ4n) is 3.97. The molecule has 130 valence electrons. The molecule has 2 aromatic rings. The molecule has 2 aromatic carbocycles. The van der Waals surface area contributed by atoms with Crippen molar-refractivity contribution in [2.75, 3.05) is 6.54 Å². The van der Waals surface area contributed by atoms with Gasteiger partial charge in [0.15, 0.2) is 0 Å². The molecule has 6 heteroatoms. The van der Waals surface area contributed by atoms with Crippen LogP contribution in [0, 0.1) is 6.92 Å². The highest BCUT2D eigenvalue weighted by molar-refractivity contribution is 6.30. The Morgan fingerprint density at radius 1 is 1.04 bits per heavy atom. The molecule has 2 aliphatic rings. The average Bonchev–Trinajstić information content (AvgIpc) is 3.14. The molecule has 3 atom stereocenters. The highest BCUT2D eigenvalue weighted by atomic mass is 35.5. The van der Waals surface area contributed by atoms with Crippen LogP contribution in [-0.4, -0.2) is 33.7 Å². The third-order valence-electron chi connectivity index (χ3n) is 5.13. The van der Waals surface area contributed by atoms with Gasteiger partial charge < -0.3 is 5.21 Å². The van der Waals surface area contributed by atoms with Gasteiger partial charge in [-0.3, -0.25) is 9.80 Å². The summed E-state index contributed by atoms with van der Waals surface area (Å²) in [5.74, 6) is 0.0785. The van der Waals surface area contributed by atoms with Gasteiger partial charge in [-0.1, -0.05) is 53.6 Å². The van der Waals surface area contributed by atoms with E-state index in [1.807, 2.05) is 31.2 Å². The standard InChI is InChI=1S/C19H20ClN3O2/c1-12-2-4-13(5-3-12)18-17(21-25)19(14-6-8-15(20)9-7-14)23-16(24)10-11-22(18)23/h2-9,17-19,21,25H,10-11H2,1H3/t17-,18-,19+/m0/s1. The Balaban J connectivity index is 1.79. The van der Waals surface area contributed by atoms with E-state index >= 15 is 0 Å². The van der Waals surface area contributed by atoms with E-state index in [9.17, 15) is 10.0 Å². The van der Waals surface area contributed by atoms with E-state index < -0.39 is 0 Å². The van der Waals surface area contributed by atoms with Gasteiger partial charge in [0.25, 0.3) is 0 Å². The van der Waals surface area contributed by atoms with Crippen molar-refractivity contribution in [2.24, 2.45) is 0 Å². The van der Waals surface area contributed by atoms with Crippen LogP contribution in [0.15, 0.2) is 48.5 Å². The molecule has 0 radical (unpaired) electrons. The Morgan fingerprint density at radius 2 is 1.64 bits per heavy atom. The summed E-state index contributed by atoms with van der Waals surface area (Å²) in [6.45, 7) is 2.70. The summed E-state index contributed by atoms with van der Waals surface area (Å²) >= 11 is 6.01. The topological polar surface area (TPSA) is 55.8 Å². The lowest BCUT2D eigenvalue weighted by molar-refractivity contribution is -0.138. The van der Waals surface area contributed by atoms with E-state index in [0.717, 1.165) is 11.1 Å². The lowest BCUT2D eigenvalue weighted by atomic mass is 9.91. The molecule has 2 N–H and O–H groups in total. The molecule has 0 aromatic heterocycles. The number of fused-ring (bicyclic) bond motifs is 1. The fourth-order valence-corrected chi connectivity index (χ4v) is 4.09. The maximum Gasteiger partial charge on any atom is 0.238 e. The van der Waals surface area contributed by atoms with Crippen molar-refractivity contribution in [2.45, 2.75) is 31.5 Å². The van der Waals surface area contributed by atoms with Gasteiger partial charge in [0, 0.05) is 18.0 Å². The summed E-state index contributed by atoms with van der Waals surface area (Å²) < 4.78 is 0. The van der Waals surface area contributed by atoms with E-state index in [0.29, 0.717) is 18.0 Å².